The van der Waals surface area contributed by atoms with Crippen LogP contribution in [0.2, 0.25) is 0 Å². The Morgan fingerprint density at radius 2 is 0.707 bits per heavy atom. The van der Waals surface area contributed by atoms with Crippen LogP contribution < -0.4 is 0 Å². The third-order valence-corrected chi connectivity index (χ3v) is 8.90. The molecule has 0 saturated heterocycles. The molecule has 58 heavy (non-hydrogen) atoms. The highest BCUT2D eigenvalue weighted by molar-refractivity contribution is 5.71. The quantitative estimate of drug-likeness (QED) is 0.0203. The molecule has 1 atom stereocenters. The van der Waals surface area contributed by atoms with Gasteiger partial charge in [-0.15, -0.1) is 0 Å². The molecule has 0 aromatic rings. The SMILES string of the molecule is CC/C=C/C=C/C=C/C=C/C=C/CCCC(=O)OC(COC(=O)CCCCC/C=C/C=C/C=C/C=C/CC)COC(=O)CCCCC/C=C/CCCCCCCCC. The van der Waals surface area contributed by atoms with Crippen LogP contribution in [0.3, 0.4) is 0 Å². The molecule has 0 heterocycles. The fourth-order valence-corrected chi connectivity index (χ4v) is 5.53. The highest BCUT2D eigenvalue weighted by Gasteiger charge is 2.19. The highest BCUT2D eigenvalue weighted by Crippen LogP contribution is 2.11. The summed E-state index contributed by atoms with van der Waals surface area (Å²) in [4.78, 5) is 37.7. The zero-order chi connectivity index (χ0) is 42.3. The van der Waals surface area contributed by atoms with E-state index in [-0.39, 0.29) is 38.0 Å². The highest BCUT2D eigenvalue weighted by atomic mass is 16.6. The second-order valence-corrected chi connectivity index (χ2v) is 14.4. The first-order valence-corrected chi connectivity index (χ1v) is 22.7. The summed E-state index contributed by atoms with van der Waals surface area (Å²) in [6, 6.07) is 0. The van der Waals surface area contributed by atoms with E-state index in [4.69, 9.17) is 14.2 Å². The molecule has 0 rings (SSSR count). The van der Waals surface area contributed by atoms with E-state index in [1.54, 1.807) is 0 Å². The van der Waals surface area contributed by atoms with E-state index in [0.29, 0.717) is 12.8 Å². The van der Waals surface area contributed by atoms with Gasteiger partial charge in [-0.25, -0.2) is 0 Å². The van der Waals surface area contributed by atoms with Crippen LogP contribution in [-0.4, -0.2) is 37.2 Å². The Morgan fingerprint density at radius 1 is 0.362 bits per heavy atom. The van der Waals surface area contributed by atoms with Crippen molar-refractivity contribution in [3.8, 4) is 0 Å². The lowest BCUT2D eigenvalue weighted by Gasteiger charge is -2.18. The van der Waals surface area contributed by atoms with E-state index in [1.807, 2.05) is 91.1 Å². The van der Waals surface area contributed by atoms with E-state index < -0.39 is 12.1 Å². The molecule has 6 nitrogen and oxygen atoms in total. The van der Waals surface area contributed by atoms with Gasteiger partial charge in [0.05, 0.1) is 0 Å². The van der Waals surface area contributed by atoms with E-state index in [2.05, 4.69) is 51.2 Å². The number of carbonyl (C=O) groups excluding carboxylic acids is 3. The van der Waals surface area contributed by atoms with Crippen LogP contribution in [0.25, 0.3) is 0 Å². The van der Waals surface area contributed by atoms with Crippen LogP contribution >= 0.6 is 0 Å². The number of rotatable bonds is 38. The number of unbranched alkanes of at least 4 members (excludes halogenated alkanes) is 14. The Balaban J connectivity index is 4.61. The van der Waals surface area contributed by atoms with E-state index in [1.165, 1.54) is 44.9 Å². The summed E-state index contributed by atoms with van der Waals surface area (Å²) in [5.74, 6) is -1.08. The first kappa shape index (κ1) is 53.8. The van der Waals surface area contributed by atoms with Crippen molar-refractivity contribution in [3.63, 3.8) is 0 Å². The van der Waals surface area contributed by atoms with Gasteiger partial charge in [0.25, 0.3) is 0 Å². The molecule has 0 aromatic heterocycles. The maximum absolute atomic E-state index is 12.7. The normalized spacial score (nSPS) is 13.2. The molecular weight excluding hydrogens is 721 g/mol. The van der Waals surface area contributed by atoms with Gasteiger partial charge in [0.2, 0.25) is 0 Å². The van der Waals surface area contributed by atoms with Gasteiger partial charge in [-0.1, -0.05) is 194 Å². The van der Waals surface area contributed by atoms with Crippen LogP contribution in [0.4, 0.5) is 0 Å². The Hall–Kier alpha value is -4.19. The van der Waals surface area contributed by atoms with Crippen molar-refractivity contribution in [1.29, 1.82) is 0 Å². The van der Waals surface area contributed by atoms with Crippen molar-refractivity contribution in [2.75, 3.05) is 13.2 Å². The molecule has 0 amide bonds. The molecule has 0 spiro atoms. The molecule has 0 bridgehead atoms. The van der Waals surface area contributed by atoms with Crippen LogP contribution in [-0.2, 0) is 28.6 Å². The number of ether oxygens (including phenoxy) is 3. The Bertz CT molecular complexity index is 1290. The van der Waals surface area contributed by atoms with Gasteiger partial charge in [0.15, 0.2) is 6.10 Å². The fourth-order valence-electron chi connectivity index (χ4n) is 5.53. The molecule has 0 radical (unpaired) electrons. The molecule has 0 aromatic carbocycles. The van der Waals surface area contributed by atoms with Crippen LogP contribution in [0.15, 0.2) is 122 Å². The maximum Gasteiger partial charge on any atom is 0.306 e. The van der Waals surface area contributed by atoms with Crippen LogP contribution in [0.1, 0.15) is 168 Å². The zero-order valence-electron chi connectivity index (χ0n) is 36.8. The minimum atomic E-state index is -0.839. The first-order valence-electron chi connectivity index (χ1n) is 22.7. The van der Waals surface area contributed by atoms with Gasteiger partial charge < -0.3 is 14.2 Å². The van der Waals surface area contributed by atoms with Crippen molar-refractivity contribution < 1.29 is 28.6 Å². The molecule has 0 N–H and O–H groups in total. The number of esters is 3. The molecule has 0 saturated carbocycles. The van der Waals surface area contributed by atoms with Gasteiger partial charge in [0.1, 0.15) is 13.2 Å². The Labute approximate surface area is 354 Å². The summed E-state index contributed by atoms with van der Waals surface area (Å²) < 4.78 is 16.6. The summed E-state index contributed by atoms with van der Waals surface area (Å²) in [7, 11) is 0. The van der Waals surface area contributed by atoms with Crippen molar-refractivity contribution in [2.45, 2.75) is 175 Å². The predicted molar refractivity (Wildman–Crippen MR) is 246 cm³/mol. The molecule has 0 fully saturated rings. The molecule has 6 heteroatoms. The summed E-state index contributed by atoms with van der Waals surface area (Å²) in [6.45, 7) is 6.20. The van der Waals surface area contributed by atoms with Crippen LogP contribution in [0, 0.1) is 0 Å². The third-order valence-electron chi connectivity index (χ3n) is 8.90. The zero-order valence-corrected chi connectivity index (χ0v) is 36.8. The fraction of sp³-hybridized carbons (Fsp3) is 0.558. The number of hydrogen-bond acceptors (Lipinski definition) is 6. The van der Waals surface area contributed by atoms with Crippen molar-refractivity contribution in [3.05, 3.63) is 122 Å². The summed E-state index contributed by atoms with van der Waals surface area (Å²) >= 11 is 0. The summed E-state index contributed by atoms with van der Waals surface area (Å²) in [5, 5.41) is 0. The lowest BCUT2D eigenvalue weighted by Crippen LogP contribution is -2.30. The van der Waals surface area contributed by atoms with Crippen molar-refractivity contribution >= 4 is 17.9 Å². The van der Waals surface area contributed by atoms with Gasteiger partial charge in [0, 0.05) is 19.3 Å². The summed E-state index contributed by atoms with van der Waals surface area (Å²) in [6.07, 6.45) is 61.9. The minimum Gasteiger partial charge on any atom is -0.462 e. The topological polar surface area (TPSA) is 78.9 Å². The Kier molecular flexibility index (Phi) is 42.2. The molecule has 324 valence electrons. The van der Waals surface area contributed by atoms with Gasteiger partial charge in [-0.2, -0.15) is 0 Å². The van der Waals surface area contributed by atoms with E-state index in [9.17, 15) is 14.4 Å². The molecule has 0 aliphatic heterocycles. The monoisotopic (exact) mass is 801 g/mol. The third kappa shape index (κ3) is 42.9. The van der Waals surface area contributed by atoms with Crippen molar-refractivity contribution in [1.82, 2.24) is 0 Å². The second kappa shape index (κ2) is 45.5. The number of hydrogen-bond donors (Lipinski definition) is 0. The average Bonchev–Trinajstić information content (AvgIpc) is 3.22. The largest absolute Gasteiger partial charge is 0.462 e. The first-order chi connectivity index (χ1) is 28.5. The van der Waals surface area contributed by atoms with Crippen molar-refractivity contribution in [2.24, 2.45) is 0 Å². The smallest absolute Gasteiger partial charge is 0.306 e. The Morgan fingerprint density at radius 3 is 1.16 bits per heavy atom. The van der Waals surface area contributed by atoms with Gasteiger partial charge in [-0.05, 0) is 77.0 Å². The molecule has 1 unspecified atom stereocenters. The number of allylic oxidation sites excluding steroid dienone is 20. The standard InChI is InChI=1S/C52H80O6/c1-4-7-10-13-16-19-22-25-28-30-33-36-39-42-45-51(54)57-48-49(58-52(55)46-43-40-37-34-31-27-24-21-18-15-12-9-6-3)47-56-50(53)44-41-38-35-32-29-26-23-20-17-14-11-8-5-2/h8-9,11-12,14-15,17-18,20-21,23-24,26-31,34,37,49H,4-7,10,13,16,19,22,25,32-33,35-36,38-48H2,1-3H3/b11-8+,12-9+,17-14+,18-15+,23-20+,24-21+,29-26+,30-28+,31-27+,37-34+. The second-order valence-electron chi connectivity index (χ2n) is 14.4. The van der Waals surface area contributed by atoms with Crippen LogP contribution in [0.5, 0.6) is 0 Å². The lowest BCUT2D eigenvalue weighted by atomic mass is 10.1. The van der Waals surface area contributed by atoms with Gasteiger partial charge >= 0.3 is 17.9 Å². The number of carbonyl (C=O) groups is 3. The predicted octanol–water partition coefficient (Wildman–Crippen LogP) is 14.6. The maximum atomic E-state index is 12.7. The van der Waals surface area contributed by atoms with Gasteiger partial charge in [-0.3, -0.25) is 14.4 Å². The molecule has 0 aliphatic rings. The minimum absolute atomic E-state index is 0.131. The van der Waals surface area contributed by atoms with E-state index >= 15 is 0 Å². The summed E-state index contributed by atoms with van der Waals surface area (Å²) in [5.41, 5.74) is 0. The molecule has 0 aliphatic carbocycles. The van der Waals surface area contributed by atoms with E-state index in [0.717, 1.165) is 77.0 Å². The lowest BCUT2D eigenvalue weighted by molar-refractivity contribution is -0.167. The molecular formula is C52H80O6. The average molecular weight is 801 g/mol.